The number of esters is 1. The van der Waals surface area contributed by atoms with Gasteiger partial charge in [0.15, 0.2) is 14.0 Å². The number of methoxy groups -OCH3 is 1. The zero-order valence-corrected chi connectivity index (χ0v) is 25.3. The maximum absolute atomic E-state index is 11.5. The molecule has 0 aliphatic heterocycles. The first-order valence-electron chi connectivity index (χ1n) is 12.8. The van der Waals surface area contributed by atoms with Gasteiger partial charge in [-0.3, -0.25) is 0 Å². The summed E-state index contributed by atoms with van der Waals surface area (Å²) in [7, 11) is -0.616. The van der Waals surface area contributed by atoms with Gasteiger partial charge in [-0.15, -0.1) is 11.3 Å². The van der Waals surface area contributed by atoms with Crippen LogP contribution < -0.4 is 0 Å². The van der Waals surface area contributed by atoms with Gasteiger partial charge in [0.1, 0.15) is 5.01 Å². The SMILES string of the molecule is C/C=C/[C@H](O[Si](C)(C)C(C)(C)C)C(C)(C)[C@@H](O)C/C=C\[C@H]1C[C@H]1/C=C/C=C\c1nc(C(=O)OC)cs1. The van der Waals surface area contributed by atoms with Crippen LogP contribution in [0.4, 0.5) is 0 Å². The fourth-order valence-electron chi connectivity index (χ4n) is 3.57. The Bertz CT molecular complexity index is 984. The molecule has 1 aliphatic rings. The molecule has 2 rings (SSSR count). The van der Waals surface area contributed by atoms with E-state index in [4.69, 9.17) is 4.43 Å². The highest BCUT2D eigenvalue weighted by molar-refractivity contribution is 7.10. The standard InChI is InChI=1S/C29H45NO4SSi/c1-10-14-25(34-36(8,9)28(2,3)4)29(5,6)24(31)17-13-16-22-19-21(22)15-11-12-18-26-30-23(20-35-26)27(32)33-7/h10-16,18,20-22,24-25,31H,17,19H2,1-9H3/b14-10+,15-11+,16-13-,18-12-/t21-,22+,24+,25+/m1/s1. The Balaban J connectivity index is 1.87. The van der Waals surface area contributed by atoms with E-state index in [1.165, 1.54) is 18.4 Å². The maximum atomic E-state index is 11.5. The number of hydrogen-bond donors (Lipinski definition) is 1. The molecule has 0 unspecified atom stereocenters. The number of carbonyl (C=O) groups is 1. The Morgan fingerprint density at radius 3 is 2.50 bits per heavy atom. The van der Waals surface area contributed by atoms with Crippen molar-refractivity contribution in [3.8, 4) is 0 Å². The molecule has 200 valence electrons. The van der Waals surface area contributed by atoms with Crippen molar-refractivity contribution in [3.63, 3.8) is 0 Å². The summed E-state index contributed by atoms with van der Waals surface area (Å²) < 4.78 is 11.4. The lowest BCUT2D eigenvalue weighted by atomic mass is 9.79. The van der Waals surface area contributed by atoms with E-state index >= 15 is 0 Å². The van der Waals surface area contributed by atoms with Gasteiger partial charge in [0, 0.05) is 10.8 Å². The molecule has 1 fully saturated rings. The van der Waals surface area contributed by atoms with Gasteiger partial charge in [-0.2, -0.15) is 0 Å². The predicted octanol–water partition coefficient (Wildman–Crippen LogP) is 7.44. The van der Waals surface area contributed by atoms with Crippen molar-refractivity contribution < 1.29 is 19.1 Å². The molecule has 0 spiro atoms. The van der Waals surface area contributed by atoms with Crippen molar-refractivity contribution in [1.29, 1.82) is 0 Å². The molecule has 1 aromatic rings. The van der Waals surface area contributed by atoms with Crippen LogP contribution in [-0.2, 0) is 9.16 Å². The van der Waals surface area contributed by atoms with E-state index in [1.54, 1.807) is 5.38 Å². The summed E-state index contributed by atoms with van der Waals surface area (Å²) >= 11 is 1.41. The van der Waals surface area contributed by atoms with E-state index in [0.717, 1.165) is 11.4 Å². The van der Waals surface area contributed by atoms with Gasteiger partial charge in [-0.25, -0.2) is 9.78 Å². The summed E-state index contributed by atoms with van der Waals surface area (Å²) in [5.41, 5.74) is -0.0590. The molecule has 0 amide bonds. The van der Waals surface area contributed by atoms with E-state index in [0.29, 0.717) is 24.0 Å². The maximum Gasteiger partial charge on any atom is 0.357 e. The van der Waals surface area contributed by atoms with Gasteiger partial charge >= 0.3 is 5.97 Å². The van der Waals surface area contributed by atoms with Gasteiger partial charge in [-0.05, 0) is 55.8 Å². The lowest BCUT2D eigenvalue weighted by Gasteiger charge is -2.44. The minimum atomic E-state index is -1.97. The van der Waals surface area contributed by atoms with Gasteiger partial charge in [-0.1, -0.05) is 77.2 Å². The summed E-state index contributed by atoms with van der Waals surface area (Å²) in [6.07, 6.45) is 17.7. The van der Waals surface area contributed by atoms with Crippen LogP contribution in [0.5, 0.6) is 0 Å². The molecule has 5 nitrogen and oxygen atoms in total. The molecule has 0 radical (unpaired) electrons. The summed E-state index contributed by atoms with van der Waals surface area (Å²) in [5, 5.41) is 13.7. The number of nitrogens with zero attached hydrogens (tertiary/aromatic N) is 1. The van der Waals surface area contributed by atoms with E-state index in [1.807, 2.05) is 31.2 Å². The summed E-state index contributed by atoms with van der Waals surface area (Å²) in [4.78, 5) is 15.7. The Morgan fingerprint density at radius 1 is 1.22 bits per heavy atom. The molecular weight excluding hydrogens is 486 g/mol. The predicted molar refractivity (Wildman–Crippen MR) is 154 cm³/mol. The molecule has 1 N–H and O–H groups in total. The number of carbonyl (C=O) groups excluding carboxylic acids is 1. The number of allylic oxidation sites excluding steroid dienone is 5. The fraction of sp³-hybridized carbons (Fsp3) is 0.586. The second kappa shape index (κ2) is 12.6. The number of ether oxygens (including phenoxy) is 1. The highest BCUT2D eigenvalue weighted by atomic mass is 32.1. The van der Waals surface area contributed by atoms with Crippen LogP contribution in [0.15, 0.2) is 47.9 Å². The number of thiazole rings is 1. The Labute approximate surface area is 223 Å². The summed E-state index contributed by atoms with van der Waals surface area (Å²) in [6.45, 7) is 17.5. The van der Waals surface area contributed by atoms with Gasteiger partial charge in [0.25, 0.3) is 0 Å². The molecule has 1 heterocycles. The smallest absolute Gasteiger partial charge is 0.357 e. The minimum absolute atomic E-state index is 0.115. The molecule has 0 aromatic carbocycles. The third kappa shape index (κ3) is 8.37. The van der Waals surface area contributed by atoms with Crippen LogP contribution in [0.2, 0.25) is 18.1 Å². The van der Waals surface area contributed by atoms with Crippen molar-refractivity contribution in [2.24, 2.45) is 17.3 Å². The van der Waals surface area contributed by atoms with Crippen molar-refractivity contribution in [2.45, 2.75) is 84.7 Å². The average Bonchev–Trinajstić information content (AvgIpc) is 3.36. The first kappa shape index (κ1) is 30.4. The second-order valence-corrected chi connectivity index (χ2v) is 17.3. The van der Waals surface area contributed by atoms with Crippen LogP contribution in [-0.4, -0.2) is 43.7 Å². The van der Waals surface area contributed by atoms with Crippen LogP contribution in [0.25, 0.3) is 6.08 Å². The van der Waals surface area contributed by atoms with Crippen LogP contribution in [0, 0.1) is 17.3 Å². The molecule has 1 aromatic heterocycles. The second-order valence-electron chi connectivity index (χ2n) is 11.7. The lowest BCUT2D eigenvalue weighted by Crippen LogP contribution is -2.50. The average molecular weight is 532 g/mol. The Hall–Kier alpha value is -1.80. The van der Waals surface area contributed by atoms with E-state index in [-0.39, 0.29) is 11.1 Å². The molecular formula is C29H45NO4SSi. The topological polar surface area (TPSA) is 68.7 Å². The summed E-state index contributed by atoms with van der Waals surface area (Å²) in [6, 6.07) is 0. The molecule has 4 atom stereocenters. The van der Waals surface area contributed by atoms with Gasteiger partial charge < -0.3 is 14.3 Å². The molecule has 1 aliphatic carbocycles. The molecule has 0 bridgehead atoms. The third-order valence-electron chi connectivity index (χ3n) is 7.45. The molecule has 36 heavy (non-hydrogen) atoms. The third-order valence-corrected chi connectivity index (χ3v) is 12.7. The monoisotopic (exact) mass is 531 g/mol. The summed E-state index contributed by atoms with van der Waals surface area (Å²) in [5.74, 6) is 0.629. The lowest BCUT2D eigenvalue weighted by molar-refractivity contribution is -0.0181. The van der Waals surface area contributed by atoms with E-state index in [9.17, 15) is 9.90 Å². The van der Waals surface area contributed by atoms with E-state index in [2.05, 4.69) is 81.7 Å². The fourth-order valence-corrected chi connectivity index (χ4v) is 5.63. The first-order valence-corrected chi connectivity index (χ1v) is 16.6. The van der Waals surface area contributed by atoms with Crippen molar-refractivity contribution >= 4 is 31.7 Å². The van der Waals surface area contributed by atoms with Crippen molar-refractivity contribution in [2.75, 3.05) is 7.11 Å². The molecule has 1 saturated carbocycles. The molecule has 7 heteroatoms. The first-order chi connectivity index (χ1) is 16.7. The largest absolute Gasteiger partial charge is 0.464 e. The number of rotatable bonds is 12. The quantitative estimate of drug-likeness (QED) is 0.131. The van der Waals surface area contributed by atoms with Gasteiger partial charge in [0.05, 0.1) is 19.3 Å². The van der Waals surface area contributed by atoms with Crippen LogP contribution >= 0.6 is 11.3 Å². The minimum Gasteiger partial charge on any atom is -0.464 e. The number of aliphatic hydroxyl groups is 1. The highest BCUT2D eigenvalue weighted by Crippen LogP contribution is 2.43. The number of hydrogen-bond acceptors (Lipinski definition) is 6. The van der Waals surface area contributed by atoms with Gasteiger partial charge in [0.2, 0.25) is 0 Å². The Kier molecular flexibility index (Phi) is 10.7. The van der Waals surface area contributed by atoms with Crippen molar-refractivity contribution in [1.82, 2.24) is 4.98 Å². The Morgan fingerprint density at radius 2 is 1.89 bits per heavy atom. The van der Waals surface area contributed by atoms with E-state index < -0.39 is 25.8 Å². The zero-order chi connectivity index (χ0) is 27.1. The molecule has 0 saturated heterocycles. The highest BCUT2D eigenvalue weighted by Gasteiger charge is 2.44. The number of aromatic nitrogens is 1. The van der Waals surface area contributed by atoms with Crippen molar-refractivity contribution in [3.05, 3.63) is 58.6 Å². The normalized spacial score (nSPS) is 21.2. The number of aliphatic hydroxyl groups excluding tert-OH is 1. The van der Waals surface area contributed by atoms with Crippen LogP contribution in [0.1, 0.15) is 69.9 Å². The zero-order valence-electron chi connectivity index (χ0n) is 23.4. The van der Waals surface area contributed by atoms with Crippen LogP contribution in [0.3, 0.4) is 0 Å².